The second-order valence-corrected chi connectivity index (χ2v) is 4.75. The zero-order valence-electron chi connectivity index (χ0n) is 12.1. The Morgan fingerprint density at radius 3 is 2.21 bits per heavy atom. The third-order valence-corrected chi connectivity index (χ3v) is 2.99. The molecule has 1 rings (SSSR count). The van der Waals surface area contributed by atoms with Gasteiger partial charge in [0, 0.05) is 0 Å². The molecular formula is C15H23NO3. The lowest BCUT2D eigenvalue weighted by atomic mass is 10.2. The molecule has 4 heteroatoms. The van der Waals surface area contributed by atoms with E-state index in [1.54, 1.807) is 13.8 Å². The van der Waals surface area contributed by atoms with Gasteiger partial charge in [0.15, 0.2) is 0 Å². The third kappa shape index (κ3) is 4.91. The Balaban J connectivity index is 2.53. The molecule has 1 aromatic carbocycles. The van der Waals surface area contributed by atoms with Crippen LogP contribution in [-0.4, -0.2) is 24.2 Å². The van der Waals surface area contributed by atoms with Gasteiger partial charge >= 0.3 is 5.97 Å². The number of aryl methyl sites for hydroxylation is 1. The van der Waals surface area contributed by atoms with Gasteiger partial charge in [-0.2, -0.15) is 0 Å². The lowest BCUT2D eigenvalue weighted by Gasteiger charge is -2.22. The summed E-state index contributed by atoms with van der Waals surface area (Å²) in [5, 5.41) is 0. The van der Waals surface area contributed by atoms with Crippen LogP contribution in [0.4, 0.5) is 0 Å². The standard InChI is InChI=1S/C15H23NO3/c1-5-13-6-8-14(9-7-13)18-11(3)12(4)19-15(17)10(2)16/h6-12H,5,16H2,1-4H3/t10-,11+,12-/m0/s1. The van der Waals surface area contributed by atoms with Gasteiger partial charge in [-0.1, -0.05) is 19.1 Å². The van der Waals surface area contributed by atoms with E-state index in [-0.39, 0.29) is 12.2 Å². The van der Waals surface area contributed by atoms with Crippen molar-refractivity contribution in [3.8, 4) is 5.75 Å². The summed E-state index contributed by atoms with van der Waals surface area (Å²) in [5.41, 5.74) is 6.71. The number of hydrogen-bond donors (Lipinski definition) is 1. The molecular weight excluding hydrogens is 242 g/mol. The van der Waals surface area contributed by atoms with Crippen molar-refractivity contribution < 1.29 is 14.3 Å². The quantitative estimate of drug-likeness (QED) is 0.802. The molecule has 0 fully saturated rings. The van der Waals surface area contributed by atoms with E-state index in [2.05, 4.69) is 6.92 Å². The van der Waals surface area contributed by atoms with Crippen LogP contribution in [0.15, 0.2) is 24.3 Å². The monoisotopic (exact) mass is 265 g/mol. The van der Waals surface area contributed by atoms with Crippen molar-refractivity contribution in [1.82, 2.24) is 0 Å². The van der Waals surface area contributed by atoms with Crippen LogP contribution in [0.5, 0.6) is 5.75 Å². The first-order valence-corrected chi connectivity index (χ1v) is 6.65. The van der Waals surface area contributed by atoms with Gasteiger partial charge in [0.2, 0.25) is 0 Å². The number of hydrogen-bond acceptors (Lipinski definition) is 4. The van der Waals surface area contributed by atoms with Gasteiger partial charge in [0.05, 0.1) is 0 Å². The van der Waals surface area contributed by atoms with E-state index in [4.69, 9.17) is 15.2 Å². The smallest absolute Gasteiger partial charge is 0.323 e. The largest absolute Gasteiger partial charge is 0.487 e. The topological polar surface area (TPSA) is 61.5 Å². The highest BCUT2D eigenvalue weighted by atomic mass is 16.6. The number of carbonyl (C=O) groups is 1. The predicted molar refractivity (Wildman–Crippen MR) is 75.1 cm³/mol. The van der Waals surface area contributed by atoms with Crippen molar-refractivity contribution >= 4 is 5.97 Å². The van der Waals surface area contributed by atoms with Crippen molar-refractivity contribution in [1.29, 1.82) is 0 Å². The fourth-order valence-corrected chi connectivity index (χ4v) is 1.50. The molecule has 0 unspecified atom stereocenters. The summed E-state index contributed by atoms with van der Waals surface area (Å²) < 4.78 is 10.9. The van der Waals surface area contributed by atoms with E-state index in [1.807, 2.05) is 31.2 Å². The highest BCUT2D eigenvalue weighted by molar-refractivity contribution is 5.75. The number of esters is 1. The number of ether oxygens (including phenoxy) is 2. The van der Waals surface area contributed by atoms with Gasteiger partial charge in [-0.25, -0.2) is 0 Å². The Hall–Kier alpha value is -1.55. The van der Waals surface area contributed by atoms with Gasteiger partial charge < -0.3 is 15.2 Å². The van der Waals surface area contributed by atoms with E-state index >= 15 is 0 Å². The first kappa shape index (κ1) is 15.5. The molecule has 2 N–H and O–H groups in total. The molecule has 0 saturated heterocycles. The van der Waals surface area contributed by atoms with E-state index in [9.17, 15) is 4.79 Å². The Morgan fingerprint density at radius 1 is 1.16 bits per heavy atom. The zero-order chi connectivity index (χ0) is 14.4. The van der Waals surface area contributed by atoms with Gasteiger partial charge in [0.25, 0.3) is 0 Å². The lowest BCUT2D eigenvalue weighted by molar-refractivity contribution is -0.153. The molecule has 0 aliphatic heterocycles. The minimum atomic E-state index is -0.613. The second-order valence-electron chi connectivity index (χ2n) is 4.75. The molecule has 3 atom stereocenters. The molecule has 4 nitrogen and oxygen atoms in total. The fourth-order valence-electron chi connectivity index (χ4n) is 1.50. The summed E-state index contributed by atoms with van der Waals surface area (Å²) in [4.78, 5) is 11.4. The molecule has 0 aromatic heterocycles. The minimum absolute atomic E-state index is 0.227. The summed E-state index contributed by atoms with van der Waals surface area (Å²) in [6.07, 6.45) is 0.428. The van der Waals surface area contributed by atoms with Crippen LogP contribution in [-0.2, 0) is 16.0 Å². The van der Waals surface area contributed by atoms with Crippen molar-refractivity contribution in [3.63, 3.8) is 0 Å². The summed E-state index contributed by atoms with van der Waals surface area (Å²) in [6, 6.07) is 7.30. The maximum Gasteiger partial charge on any atom is 0.323 e. The molecule has 1 aromatic rings. The zero-order valence-corrected chi connectivity index (χ0v) is 12.1. The molecule has 19 heavy (non-hydrogen) atoms. The van der Waals surface area contributed by atoms with Crippen molar-refractivity contribution in [2.75, 3.05) is 0 Å². The van der Waals surface area contributed by atoms with Crippen molar-refractivity contribution in [2.24, 2.45) is 5.73 Å². The van der Waals surface area contributed by atoms with E-state index in [1.165, 1.54) is 5.56 Å². The van der Waals surface area contributed by atoms with Crippen LogP contribution in [0.2, 0.25) is 0 Å². The Morgan fingerprint density at radius 2 is 1.74 bits per heavy atom. The van der Waals surface area contributed by atoms with Crippen LogP contribution in [0.1, 0.15) is 33.3 Å². The molecule has 0 bridgehead atoms. The average molecular weight is 265 g/mol. The van der Waals surface area contributed by atoms with Crippen LogP contribution in [0, 0.1) is 0 Å². The second kappa shape index (κ2) is 7.14. The molecule has 0 saturated carbocycles. The Kier molecular flexibility index (Phi) is 5.83. The van der Waals surface area contributed by atoms with Crippen molar-refractivity contribution in [3.05, 3.63) is 29.8 Å². The highest BCUT2D eigenvalue weighted by Gasteiger charge is 2.20. The van der Waals surface area contributed by atoms with E-state index < -0.39 is 12.0 Å². The molecule has 0 radical (unpaired) electrons. The molecule has 0 aliphatic carbocycles. The van der Waals surface area contributed by atoms with E-state index in [0.29, 0.717) is 0 Å². The predicted octanol–water partition coefficient (Wildman–Crippen LogP) is 2.30. The number of benzene rings is 1. The maximum atomic E-state index is 11.4. The summed E-state index contributed by atoms with van der Waals surface area (Å²) >= 11 is 0. The van der Waals surface area contributed by atoms with Crippen LogP contribution in [0.3, 0.4) is 0 Å². The number of nitrogens with two attached hydrogens (primary N) is 1. The first-order chi connectivity index (χ1) is 8.93. The van der Waals surface area contributed by atoms with Gasteiger partial charge in [-0.15, -0.1) is 0 Å². The maximum absolute atomic E-state index is 11.4. The molecule has 0 spiro atoms. The van der Waals surface area contributed by atoms with E-state index in [0.717, 1.165) is 12.2 Å². The van der Waals surface area contributed by atoms with Crippen LogP contribution < -0.4 is 10.5 Å². The summed E-state index contributed by atoms with van der Waals surface area (Å²) in [7, 11) is 0. The molecule has 0 heterocycles. The average Bonchev–Trinajstić information content (AvgIpc) is 2.39. The highest BCUT2D eigenvalue weighted by Crippen LogP contribution is 2.16. The summed E-state index contributed by atoms with van der Waals surface area (Å²) in [5.74, 6) is 0.359. The van der Waals surface area contributed by atoms with Gasteiger partial charge in [-0.3, -0.25) is 4.79 Å². The Labute approximate surface area is 114 Å². The normalized spacial score (nSPS) is 15.4. The molecule has 0 aliphatic rings. The third-order valence-electron chi connectivity index (χ3n) is 2.99. The van der Waals surface area contributed by atoms with Gasteiger partial charge in [-0.05, 0) is 44.9 Å². The van der Waals surface area contributed by atoms with Crippen LogP contribution in [0.25, 0.3) is 0 Å². The van der Waals surface area contributed by atoms with Gasteiger partial charge in [0.1, 0.15) is 24.0 Å². The Bertz CT molecular complexity index is 400. The van der Waals surface area contributed by atoms with Crippen molar-refractivity contribution in [2.45, 2.75) is 52.4 Å². The SMILES string of the molecule is CCc1ccc(O[C@H](C)[C@H](C)OC(=O)[C@H](C)N)cc1. The van der Waals surface area contributed by atoms with Crippen LogP contribution >= 0.6 is 0 Å². The summed E-state index contributed by atoms with van der Waals surface area (Å²) in [6.45, 7) is 7.37. The first-order valence-electron chi connectivity index (χ1n) is 6.65. The fraction of sp³-hybridized carbons (Fsp3) is 0.533. The molecule has 106 valence electrons. The molecule has 0 amide bonds. The lowest BCUT2D eigenvalue weighted by Crippen LogP contribution is -2.37. The minimum Gasteiger partial charge on any atom is -0.487 e. The number of rotatable bonds is 6. The number of carbonyl (C=O) groups excluding carboxylic acids is 1.